The average Bonchev–Trinajstić information content (AvgIpc) is 3.52. The summed E-state index contributed by atoms with van der Waals surface area (Å²) >= 11 is 0. The van der Waals surface area contributed by atoms with Crippen molar-refractivity contribution in [3.8, 4) is 0 Å². The van der Waals surface area contributed by atoms with Crippen LogP contribution in [0.2, 0.25) is 0 Å². The molecule has 0 atom stereocenters. The van der Waals surface area contributed by atoms with Crippen LogP contribution in [0.15, 0.2) is 114 Å². The Morgan fingerprint density at radius 2 is 1.06 bits per heavy atom. The third-order valence-corrected chi connectivity index (χ3v) is 5.75. The van der Waals surface area contributed by atoms with Gasteiger partial charge in [-0.1, -0.05) is 20.8 Å². The molecule has 0 aliphatic carbocycles. The van der Waals surface area contributed by atoms with Gasteiger partial charge < -0.3 is 0 Å². The molecule has 0 aromatic carbocycles. The molecule has 0 N–H and O–H groups in total. The van der Waals surface area contributed by atoms with E-state index in [1.807, 2.05) is 36.5 Å². The van der Waals surface area contributed by atoms with E-state index in [0.29, 0.717) is 0 Å². The normalized spacial score (nSPS) is 20.9. The molecule has 0 unspecified atom stereocenters. The summed E-state index contributed by atoms with van der Waals surface area (Å²) in [5.41, 5.74) is 11.5. The molecule has 0 saturated heterocycles. The monoisotopic (exact) mass is 456 g/mol. The van der Waals surface area contributed by atoms with Gasteiger partial charge in [0.25, 0.3) is 0 Å². The van der Waals surface area contributed by atoms with Gasteiger partial charge in [0.15, 0.2) is 0 Å². The molecule has 0 amide bonds. The van der Waals surface area contributed by atoms with Gasteiger partial charge in [-0.05, 0) is 85.1 Å². The Kier molecular flexibility index (Phi) is 6.06. The van der Waals surface area contributed by atoms with E-state index < -0.39 is 0 Å². The second-order valence-electron chi connectivity index (χ2n) is 7.62. The Morgan fingerprint density at radius 3 is 1.68 bits per heavy atom. The number of hydrogen-bond donors (Lipinski definition) is 0. The molecule has 0 saturated carbocycles. The molecule has 5 heterocycles. The smallest absolute Gasteiger partial charge is 0.0725 e. The fraction of sp³-hybridized carbons (Fsp3) is 0.231. The maximum Gasteiger partial charge on any atom is 0.0725 e. The fourth-order valence-electron chi connectivity index (χ4n) is 4.35. The van der Waals surface area contributed by atoms with Gasteiger partial charge in [-0.25, -0.2) is 20.0 Å². The summed E-state index contributed by atoms with van der Waals surface area (Å²) in [5, 5.41) is 0. The zero-order valence-corrected chi connectivity index (χ0v) is 21.3. The molecule has 8 bridgehead atoms. The molecule has 150 valence electrons. The number of rotatable bonds is 3. The van der Waals surface area contributed by atoms with E-state index in [0.717, 1.165) is 64.9 Å². The first kappa shape index (κ1) is 21.5. The Morgan fingerprint density at radius 1 is 0.516 bits per heavy atom. The standard InChI is InChI=1S/C26H24N4.Zn/c1-4-21-22(5-2)26-23(6-3)24-12-11-19(29-24)14-18-8-7-16(27-18)13-17-9-10-20(28-17)15-25(21)30-26;/h7-15H,4-6H2,1-3H3;. The van der Waals surface area contributed by atoms with Gasteiger partial charge >= 0.3 is 0 Å². The third kappa shape index (κ3) is 3.95. The first-order valence-corrected chi connectivity index (χ1v) is 10.7. The van der Waals surface area contributed by atoms with Crippen molar-refractivity contribution >= 4 is 22.8 Å². The minimum absolute atomic E-state index is 0. The molecule has 0 fully saturated rings. The maximum atomic E-state index is 5.11. The van der Waals surface area contributed by atoms with Crippen molar-refractivity contribution in [3.05, 3.63) is 94.2 Å². The van der Waals surface area contributed by atoms with E-state index in [9.17, 15) is 0 Å². The molecular formula is C26H24N4Zn. The Bertz CT molecular complexity index is 1220. The fourth-order valence-corrected chi connectivity index (χ4v) is 4.35. The van der Waals surface area contributed by atoms with E-state index in [-0.39, 0.29) is 19.5 Å². The zero-order chi connectivity index (χ0) is 20.7. The van der Waals surface area contributed by atoms with Crippen LogP contribution in [0.3, 0.4) is 0 Å². The topological polar surface area (TPSA) is 49.4 Å². The predicted molar refractivity (Wildman–Crippen MR) is 126 cm³/mol. The van der Waals surface area contributed by atoms with Crippen molar-refractivity contribution in [2.24, 2.45) is 20.0 Å². The number of nitrogens with zero attached hydrogens (tertiary/aromatic N) is 4. The van der Waals surface area contributed by atoms with E-state index in [1.54, 1.807) is 0 Å². The van der Waals surface area contributed by atoms with E-state index >= 15 is 0 Å². The summed E-state index contributed by atoms with van der Waals surface area (Å²) in [6.07, 6.45) is 21.2. The van der Waals surface area contributed by atoms with Crippen molar-refractivity contribution in [1.82, 2.24) is 0 Å². The van der Waals surface area contributed by atoms with Crippen molar-refractivity contribution in [2.45, 2.75) is 40.0 Å². The van der Waals surface area contributed by atoms with E-state index in [1.165, 1.54) is 16.7 Å². The molecule has 5 aliphatic heterocycles. The molecule has 5 rings (SSSR count). The molecule has 0 aromatic rings. The molecule has 5 aliphatic rings. The molecule has 31 heavy (non-hydrogen) atoms. The van der Waals surface area contributed by atoms with Crippen LogP contribution < -0.4 is 0 Å². The number of hydrogen-bond acceptors (Lipinski definition) is 4. The van der Waals surface area contributed by atoms with Crippen LogP contribution in [-0.2, 0) is 19.5 Å². The van der Waals surface area contributed by atoms with Crippen molar-refractivity contribution in [1.29, 1.82) is 0 Å². The Labute approximate surface area is 196 Å². The molecule has 5 heteroatoms. The first-order valence-electron chi connectivity index (χ1n) is 10.7. The zero-order valence-electron chi connectivity index (χ0n) is 18.3. The first-order chi connectivity index (χ1) is 14.7. The number of fused-ring (bicyclic) bond motifs is 4. The molecule has 4 nitrogen and oxygen atoms in total. The third-order valence-electron chi connectivity index (χ3n) is 5.75. The summed E-state index contributed by atoms with van der Waals surface area (Å²) in [6.45, 7) is 6.60. The number of aliphatic imine (C=N–C) groups is 4. The van der Waals surface area contributed by atoms with Gasteiger partial charge in [-0.2, -0.15) is 0 Å². The van der Waals surface area contributed by atoms with Gasteiger partial charge in [0.05, 0.1) is 45.6 Å². The average molecular weight is 458 g/mol. The van der Waals surface area contributed by atoms with E-state index in [4.69, 9.17) is 20.0 Å². The van der Waals surface area contributed by atoms with Crippen LogP contribution in [0.5, 0.6) is 0 Å². The van der Waals surface area contributed by atoms with Gasteiger partial charge in [0, 0.05) is 25.1 Å². The quantitative estimate of drug-likeness (QED) is 0.472. The second-order valence-corrected chi connectivity index (χ2v) is 7.62. The summed E-state index contributed by atoms with van der Waals surface area (Å²) in [7, 11) is 0. The largest absolute Gasteiger partial charge is 0.249 e. The van der Waals surface area contributed by atoms with Gasteiger partial charge in [0.2, 0.25) is 0 Å². The SMILES string of the molecule is CCC1=C(CC)C2=C(CC)C3=NC(=CC4=NC(=CC5=NC(=CC1=N2)C=C5)C=C4)C=C3.[Zn]. The second kappa shape index (κ2) is 8.76. The number of allylic oxidation sites excluding steroid dienone is 12. The van der Waals surface area contributed by atoms with Gasteiger partial charge in [-0.3, -0.25) is 0 Å². The van der Waals surface area contributed by atoms with Crippen molar-refractivity contribution in [3.63, 3.8) is 0 Å². The molecule has 0 spiro atoms. The van der Waals surface area contributed by atoms with Crippen LogP contribution in [-0.4, -0.2) is 22.8 Å². The Hall–Kier alpha value is -2.78. The van der Waals surface area contributed by atoms with Crippen LogP contribution in [0.1, 0.15) is 40.0 Å². The molecule has 0 radical (unpaired) electrons. The molecule has 0 aromatic heterocycles. The van der Waals surface area contributed by atoms with Crippen LogP contribution in [0.25, 0.3) is 0 Å². The van der Waals surface area contributed by atoms with Crippen LogP contribution in [0, 0.1) is 0 Å². The predicted octanol–water partition coefficient (Wildman–Crippen LogP) is 5.92. The minimum Gasteiger partial charge on any atom is -0.249 e. The van der Waals surface area contributed by atoms with Crippen LogP contribution >= 0.6 is 0 Å². The summed E-state index contributed by atoms with van der Waals surface area (Å²) in [6, 6.07) is 0. The van der Waals surface area contributed by atoms with Gasteiger partial charge in [-0.15, -0.1) is 0 Å². The van der Waals surface area contributed by atoms with Crippen LogP contribution in [0.4, 0.5) is 0 Å². The minimum atomic E-state index is 0. The van der Waals surface area contributed by atoms with E-state index in [2.05, 4.69) is 39.0 Å². The van der Waals surface area contributed by atoms with Gasteiger partial charge in [0.1, 0.15) is 0 Å². The summed E-state index contributed by atoms with van der Waals surface area (Å²) in [5.74, 6) is 0. The maximum absolute atomic E-state index is 5.11. The Balaban J connectivity index is 0.00000231. The summed E-state index contributed by atoms with van der Waals surface area (Å²) < 4.78 is 0. The summed E-state index contributed by atoms with van der Waals surface area (Å²) in [4.78, 5) is 19.5. The molecular weight excluding hydrogens is 434 g/mol. The van der Waals surface area contributed by atoms with Crippen molar-refractivity contribution < 1.29 is 19.5 Å². The van der Waals surface area contributed by atoms with Crippen molar-refractivity contribution in [2.75, 3.05) is 0 Å².